The van der Waals surface area contributed by atoms with Gasteiger partial charge in [-0.3, -0.25) is 4.79 Å². The lowest BCUT2D eigenvalue weighted by molar-refractivity contribution is -0.157. The van der Waals surface area contributed by atoms with Crippen molar-refractivity contribution in [3.8, 4) is 0 Å². The molecule has 1 aromatic carbocycles. The number of para-hydroxylation sites is 2. The Morgan fingerprint density at radius 2 is 2.04 bits per heavy atom. The lowest BCUT2D eigenvalue weighted by atomic mass is 10.3. The first-order chi connectivity index (χ1) is 11.6. The van der Waals surface area contributed by atoms with Gasteiger partial charge in [0.25, 0.3) is 5.91 Å². The summed E-state index contributed by atoms with van der Waals surface area (Å²) in [6.45, 7) is 3.59. The number of benzene rings is 1. The minimum Gasteiger partial charge on any atom is -0.449 e. The van der Waals surface area contributed by atoms with Crippen molar-refractivity contribution in [2.75, 3.05) is 26.3 Å². The predicted molar refractivity (Wildman–Crippen MR) is 86.0 cm³/mol. The van der Waals surface area contributed by atoms with Gasteiger partial charge in [0.2, 0.25) is 5.89 Å². The van der Waals surface area contributed by atoms with E-state index in [0.717, 1.165) is 0 Å². The molecular weight excluding hydrogens is 312 g/mol. The van der Waals surface area contributed by atoms with Crippen LogP contribution in [-0.4, -0.2) is 54.2 Å². The van der Waals surface area contributed by atoms with Crippen molar-refractivity contribution >= 4 is 29.1 Å². The normalized spacial score (nSPS) is 16.5. The number of aromatic nitrogens is 1. The highest BCUT2D eigenvalue weighted by Gasteiger charge is 2.24. The Morgan fingerprint density at radius 1 is 1.29 bits per heavy atom. The standard InChI is InChI=1S/C17H18N2O5/c1-12(17(21)19-8-10-22-11-9-19)23-16(20)7-6-15-18-13-4-2-3-5-14(13)24-15/h2-7,12H,8-11H2,1H3/b7-6+. The Balaban J connectivity index is 1.57. The molecule has 0 spiro atoms. The number of amides is 1. The largest absolute Gasteiger partial charge is 0.449 e. The number of carbonyl (C=O) groups excluding carboxylic acids is 2. The van der Waals surface area contributed by atoms with Gasteiger partial charge in [0.15, 0.2) is 11.7 Å². The van der Waals surface area contributed by atoms with E-state index in [0.29, 0.717) is 43.3 Å². The minimum absolute atomic E-state index is 0.220. The number of fused-ring (bicyclic) bond motifs is 1. The molecule has 7 nitrogen and oxygen atoms in total. The summed E-state index contributed by atoms with van der Waals surface area (Å²) in [7, 11) is 0. The van der Waals surface area contributed by atoms with E-state index in [1.807, 2.05) is 18.2 Å². The number of esters is 1. The summed E-state index contributed by atoms with van der Waals surface area (Å²) in [6.07, 6.45) is 1.78. The van der Waals surface area contributed by atoms with Gasteiger partial charge in [0.05, 0.1) is 13.2 Å². The summed E-state index contributed by atoms with van der Waals surface area (Å²) < 4.78 is 15.8. The summed E-state index contributed by atoms with van der Waals surface area (Å²) in [5.74, 6) is -0.534. The van der Waals surface area contributed by atoms with Gasteiger partial charge < -0.3 is 18.8 Å². The zero-order chi connectivity index (χ0) is 16.9. The van der Waals surface area contributed by atoms with E-state index in [9.17, 15) is 9.59 Å². The first-order valence-corrected chi connectivity index (χ1v) is 7.74. The first kappa shape index (κ1) is 16.2. The second kappa shape index (κ2) is 7.27. The van der Waals surface area contributed by atoms with Gasteiger partial charge in [0.1, 0.15) is 5.52 Å². The highest BCUT2D eigenvalue weighted by atomic mass is 16.5. The summed E-state index contributed by atoms with van der Waals surface area (Å²) in [6, 6.07) is 7.30. The van der Waals surface area contributed by atoms with E-state index in [1.54, 1.807) is 17.9 Å². The van der Waals surface area contributed by atoms with Crippen LogP contribution in [0.3, 0.4) is 0 Å². The molecule has 1 unspecified atom stereocenters. The Kier molecular flexibility index (Phi) is 4.90. The number of carbonyl (C=O) groups is 2. The Morgan fingerprint density at radius 3 is 2.79 bits per heavy atom. The number of morpholine rings is 1. The van der Waals surface area contributed by atoms with Crippen molar-refractivity contribution in [2.24, 2.45) is 0 Å². The predicted octanol–water partition coefficient (Wildman–Crippen LogP) is 1.63. The molecule has 2 aromatic rings. The molecule has 1 fully saturated rings. The summed E-state index contributed by atoms with van der Waals surface area (Å²) >= 11 is 0. The fourth-order valence-corrected chi connectivity index (χ4v) is 2.41. The molecule has 1 atom stereocenters. The molecule has 1 aliphatic heterocycles. The fraction of sp³-hybridized carbons (Fsp3) is 0.353. The highest BCUT2D eigenvalue weighted by Crippen LogP contribution is 2.15. The van der Waals surface area contributed by atoms with Gasteiger partial charge in [-0.1, -0.05) is 12.1 Å². The van der Waals surface area contributed by atoms with Crippen molar-refractivity contribution in [1.29, 1.82) is 0 Å². The lowest BCUT2D eigenvalue weighted by Gasteiger charge is -2.28. The van der Waals surface area contributed by atoms with Crippen LogP contribution in [0, 0.1) is 0 Å². The molecular formula is C17H18N2O5. The average molecular weight is 330 g/mol. The van der Waals surface area contributed by atoms with Gasteiger partial charge in [-0.2, -0.15) is 0 Å². The van der Waals surface area contributed by atoms with Crippen LogP contribution in [0.5, 0.6) is 0 Å². The Hall–Kier alpha value is -2.67. The van der Waals surface area contributed by atoms with Gasteiger partial charge in [-0.25, -0.2) is 9.78 Å². The third-order valence-corrected chi connectivity index (χ3v) is 3.64. The van der Waals surface area contributed by atoms with Gasteiger partial charge in [0, 0.05) is 25.2 Å². The van der Waals surface area contributed by atoms with Gasteiger partial charge in [-0.05, 0) is 19.1 Å². The van der Waals surface area contributed by atoms with E-state index in [4.69, 9.17) is 13.9 Å². The van der Waals surface area contributed by atoms with Crippen LogP contribution in [0.25, 0.3) is 17.2 Å². The van der Waals surface area contributed by atoms with Crippen molar-refractivity contribution < 1.29 is 23.5 Å². The second-order valence-electron chi connectivity index (χ2n) is 5.37. The number of hydrogen-bond acceptors (Lipinski definition) is 6. The Labute approximate surface area is 138 Å². The van der Waals surface area contributed by atoms with Crippen LogP contribution >= 0.6 is 0 Å². The van der Waals surface area contributed by atoms with Crippen LogP contribution in [0.2, 0.25) is 0 Å². The van der Waals surface area contributed by atoms with Crippen molar-refractivity contribution in [3.63, 3.8) is 0 Å². The van der Waals surface area contributed by atoms with Crippen LogP contribution < -0.4 is 0 Å². The molecule has 0 N–H and O–H groups in total. The topological polar surface area (TPSA) is 81.9 Å². The molecule has 3 rings (SSSR count). The van der Waals surface area contributed by atoms with E-state index < -0.39 is 12.1 Å². The molecule has 1 aliphatic rings. The van der Waals surface area contributed by atoms with Crippen molar-refractivity contribution in [2.45, 2.75) is 13.0 Å². The molecule has 0 aliphatic carbocycles. The monoisotopic (exact) mass is 330 g/mol. The van der Waals surface area contributed by atoms with Crippen molar-refractivity contribution in [3.05, 3.63) is 36.2 Å². The summed E-state index contributed by atoms with van der Waals surface area (Å²) in [5, 5.41) is 0. The summed E-state index contributed by atoms with van der Waals surface area (Å²) in [5.41, 5.74) is 1.35. The molecule has 1 amide bonds. The minimum atomic E-state index is -0.844. The van der Waals surface area contributed by atoms with Crippen LogP contribution in [-0.2, 0) is 19.1 Å². The van der Waals surface area contributed by atoms with E-state index in [-0.39, 0.29) is 5.91 Å². The zero-order valence-corrected chi connectivity index (χ0v) is 13.3. The zero-order valence-electron chi connectivity index (χ0n) is 13.3. The molecule has 7 heteroatoms. The second-order valence-corrected chi connectivity index (χ2v) is 5.37. The first-order valence-electron chi connectivity index (χ1n) is 7.74. The number of rotatable bonds is 4. The Bertz CT molecular complexity index is 728. The SMILES string of the molecule is CC(OC(=O)/C=C/c1nc2ccccc2o1)C(=O)N1CCOCC1. The maximum absolute atomic E-state index is 12.2. The van der Waals surface area contributed by atoms with Crippen LogP contribution in [0.4, 0.5) is 0 Å². The third kappa shape index (κ3) is 3.80. The lowest BCUT2D eigenvalue weighted by Crippen LogP contribution is -2.45. The smallest absolute Gasteiger partial charge is 0.331 e. The van der Waals surface area contributed by atoms with Crippen LogP contribution in [0.15, 0.2) is 34.8 Å². The number of nitrogens with zero attached hydrogens (tertiary/aromatic N) is 2. The fourth-order valence-electron chi connectivity index (χ4n) is 2.41. The van der Waals surface area contributed by atoms with Gasteiger partial charge >= 0.3 is 5.97 Å². The van der Waals surface area contributed by atoms with Gasteiger partial charge in [-0.15, -0.1) is 0 Å². The molecule has 0 bridgehead atoms. The molecule has 24 heavy (non-hydrogen) atoms. The molecule has 126 valence electrons. The quantitative estimate of drug-likeness (QED) is 0.626. The molecule has 1 saturated heterocycles. The van der Waals surface area contributed by atoms with E-state index in [2.05, 4.69) is 4.98 Å². The molecule has 1 aromatic heterocycles. The number of ether oxygens (including phenoxy) is 2. The average Bonchev–Trinajstić information content (AvgIpc) is 3.03. The maximum Gasteiger partial charge on any atom is 0.331 e. The summed E-state index contributed by atoms with van der Waals surface area (Å²) in [4.78, 5) is 29.9. The van der Waals surface area contributed by atoms with E-state index in [1.165, 1.54) is 12.2 Å². The molecule has 0 radical (unpaired) electrons. The molecule has 0 saturated carbocycles. The van der Waals surface area contributed by atoms with E-state index >= 15 is 0 Å². The van der Waals surface area contributed by atoms with Crippen LogP contribution in [0.1, 0.15) is 12.8 Å². The maximum atomic E-state index is 12.2. The molecule has 2 heterocycles. The number of oxazole rings is 1. The van der Waals surface area contributed by atoms with Crippen molar-refractivity contribution in [1.82, 2.24) is 9.88 Å². The number of hydrogen-bond donors (Lipinski definition) is 0. The third-order valence-electron chi connectivity index (χ3n) is 3.64. The highest BCUT2D eigenvalue weighted by molar-refractivity contribution is 5.90.